The molecule has 1 N–H and O–H groups in total. The van der Waals surface area contributed by atoms with E-state index < -0.39 is 28.5 Å². The van der Waals surface area contributed by atoms with E-state index in [0.29, 0.717) is 5.69 Å². The predicted molar refractivity (Wildman–Crippen MR) is 174 cm³/mol. The van der Waals surface area contributed by atoms with Gasteiger partial charge in [-0.15, -0.1) is 0 Å². The van der Waals surface area contributed by atoms with Gasteiger partial charge in [0.05, 0.1) is 10.6 Å². The number of carbonyl (C=O) groups is 2. The fraction of sp³-hybridized carbons (Fsp3) is 0.235. The number of anilines is 1. The van der Waals surface area contributed by atoms with Gasteiger partial charge in [-0.25, -0.2) is 8.42 Å². The van der Waals surface area contributed by atoms with Crippen LogP contribution in [0.15, 0.2) is 119 Å². The number of benzene rings is 4. The molecule has 43 heavy (non-hydrogen) atoms. The monoisotopic (exact) mass is 661 g/mol. The standard InChI is InChI=1S/C34H36BrN3O4S/c1-25(2)36-34(40)32(22-27-13-6-4-7-14-27)37(23-28-15-11-16-29(35)21-28)33(39)24-38(30-17-10-12-26(3)20-30)43(41,42)31-18-8-5-9-19-31/h4-21,25,32H,22-24H2,1-3H3,(H,36,40). The maximum Gasteiger partial charge on any atom is 0.264 e. The molecule has 0 fully saturated rings. The van der Waals surface area contributed by atoms with Gasteiger partial charge in [0.15, 0.2) is 0 Å². The third-order valence-electron chi connectivity index (χ3n) is 6.84. The van der Waals surface area contributed by atoms with E-state index in [1.165, 1.54) is 17.0 Å². The van der Waals surface area contributed by atoms with E-state index in [0.717, 1.165) is 25.5 Å². The van der Waals surface area contributed by atoms with Crippen molar-refractivity contribution in [3.05, 3.63) is 130 Å². The van der Waals surface area contributed by atoms with Crippen LogP contribution in [0.2, 0.25) is 0 Å². The number of rotatable bonds is 12. The molecule has 0 aliphatic heterocycles. The summed E-state index contributed by atoms with van der Waals surface area (Å²) in [5, 5.41) is 2.97. The summed E-state index contributed by atoms with van der Waals surface area (Å²) in [7, 11) is -4.13. The second-order valence-electron chi connectivity index (χ2n) is 10.7. The SMILES string of the molecule is Cc1cccc(N(CC(=O)N(Cc2cccc(Br)c2)C(Cc2ccccc2)C(=O)NC(C)C)S(=O)(=O)c2ccccc2)c1. The zero-order chi connectivity index (χ0) is 31.0. The Bertz CT molecular complexity index is 1650. The lowest BCUT2D eigenvalue weighted by Crippen LogP contribution is -2.54. The fourth-order valence-corrected chi connectivity index (χ4v) is 6.67. The van der Waals surface area contributed by atoms with Crippen molar-refractivity contribution in [3.8, 4) is 0 Å². The number of amides is 2. The lowest BCUT2D eigenvalue weighted by molar-refractivity contribution is -0.140. The molecule has 4 aromatic rings. The second kappa shape index (κ2) is 14.5. The molecule has 0 radical (unpaired) electrons. The Hall–Kier alpha value is -3.95. The zero-order valence-electron chi connectivity index (χ0n) is 24.5. The molecule has 0 aliphatic carbocycles. The molecule has 0 heterocycles. The molecule has 9 heteroatoms. The predicted octanol–water partition coefficient (Wildman–Crippen LogP) is 6.12. The van der Waals surface area contributed by atoms with Crippen LogP contribution >= 0.6 is 15.9 Å². The van der Waals surface area contributed by atoms with Crippen LogP contribution in [0.4, 0.5) is 5.69 Å². The van der Waals surface area contributed by atoms with Crippen molar-refractivity contribution in [3.63, 3.8) is 0 Å². The molecule has 1 atom stereocenters. The van der Waals surface area contributed by atoms with Crippen molar-refractivity contribution in [2.75, 3.05) is 10.8 Å². The Kier molecular flexibility index (Phi) is 10.8. The number of carbonyl (C=O) groups excluding carboxylic acids is 2. The molecule has 1 unspecified atom stereocenters. The topological polar surface area (TPSA) is 86.8 Å². The van der Waals surface area contributed by atoms with E-state index in [1.54, 1.807) is 36.4 Å². The third-order valence-corrected chi connectivity index (χ3v) is 9.13. The van der Waals surface area contributed by atoms with E-state index in [9.17, 15) is 18.0 Å². The van der Waals surface area contributed by atoms with Gasteiger partial charge in [0, 0.05) is 23.5 Å². The molecule has 0 saturated carbocycles. The van der Waals surface area contributed by atoms with Crippen LogP contribution in [0.25, 0.3) is 0 Å². The second-order valence-corrected chi connectivity index (χ2v) is 13.5. The maximum atomic E-state index is 14.4. The smallest absolute Gasteiger partial charge is 0.264 e. The molecule has 0 aromatic heterocycles. The number of nitrogens with one attached hydrogen (secondary N) is 1. The highest BCUT2D eigenvalue weighted by molar-refractivity contribution is 9.10. The van der Waals surface area contributed by atoms with Gasteiger partial charge in [-0.3, -0.25) is 13.9 Å². The average molecular weight is 663 g/mol. The minimum absolute atomic E-state index is 0.0706. The number of hydrogen-bond acceptors (Lipinski definition) is 4. The molecule has 0 saturated heterocycles. The highest BCUT2D eigenvalue weighted by atomic mass is 79.9. The van der Waals surface area contributed by atoms with Gasteiger partial charge in [-0.05, 0) is 73.9 Å². The Labute approximate surface area is 262 Å². The van der Waals surface area contributed by atoms with E-state index in [1.807, 2.05) is 81.4 Å². The number of hydrogen-bond donors (Lipinski definition) is 1. The molecule has 4 aromatic carbocycles. The van der Waals surface area contributed by atoms with Crippen LogP contribution in [0, 0.1) is 6.92 Å². The van der Waals surface area contributed by atoms with Gasteiger partial charge >= 0.3 is 0 Å². The number of sulfonamides is 1. The molecule has 2 amide bonds. The average Bonchev–Trinajstić information content (AvgIpc) is 2.98. The Morgan fingerprint density at radius 2 is 1.44 bits per heavy atom. The minimum Gasteiger partial charge on any atom is -0.352 e. The van der Waals surface area contributed by atoms with Crippen molar-refractivity contribution in [1.29, 1.82) is 0 Å². The molecule has 0 spiro atoms. The lowest BCUT2D eigenvalue weighted by Gasteiger charge is -2.34. The number of halogens is 1. The highest BCUT2D eigenvalue weighted by Gasteiger charge is 2.34. The van der Waals surface area contributed by atoms with Gasteiger partial charge in [0.25, 0.3) is 10.0 Å². The van der Waals surface area contributed by atoms with E-state index in [4.69, 9.17) is 0 Å². The van der Waals surface area contributed by atoms with Crippen molar-refractivity contribution in [1.82, 2.24) is 10.2 Å². The van der Waals surface area contributed by atoms with Crippen LogP contribution in [-0.4, -0.2) is 43.8 Å². The van der Waals surface area contributed by atoms with Gasteiger partial charge < -0.3 is 10.2 Å². The largest absolute Gasteiger partial charge is 0.352 e. The van der Waals surface area contributed by atoms with Crippen LogP contribution in [0.3, 0.4) is 0 Å². The summed E-state index contributed by atoms with van der Waals surface area (Å²) >= 11 is 3.50. The Balaban J connectivity index is 1.80. The number of nitrogens with zero attached hydrogens (tertiary/aromatic N) is 2. The molecule has 0 bridgehead atoms. The Morgan fingerprint density at radius 1 is 0.814 bits per heavy atom. The summed E-state index contributed by atoms with van der Waals surface area (Å²) < 4.78 is 30.0. The fourth-order valence-electron chi connectivity index (χ4n) is 4.80. The van der Waals surface area contributed by atoms with Crippen LogP contribution < -0.4 is 9.62 Å². The van der Waals surface area contributed by atoms with E-state index >= 15 is 0 Å². The first-order valence-electron chi connectivity index (χ1n) is 14.1. The highest BCUT2D eigenvalue weighted by Crippen LogP contribution is 2.26. The summed E-state index contributed by atoms with van der Waals surface area (Å²) in [6.45, 7) is 5.21. The van der Waals surface area contributed by atoms with Crippen molar-refractivity contribution in [2.45, 2.75) is 50.7 Å². The van der Waals surface area contributed by atoms with Crippen LogP contribution in [-0.2, 0) is 32.6 Å². The van der Waals surface area contributed by atoms with Crippen LogP contribution in [0.5, 0.6) is 0 Å². The Morgan fingerprint density at radius 3 is 2.07 bits per heavy atom. The van der Waals surface area contributed by atoms with Crippen molar-refractivity contribution >= 4 is 43.5 Å². The van der Waals surface area contributed by atoms with Gasteiger partial charge in [-0.2, -0.15) is 0 Å². The molecule has 7 nitrogen and oxygen atoms in total. The number of aryl methyl sites for hydroxylation is 1. The van der Waals surface area contributed by atoms with Gasteiger partial charge in [0.1, 0.15) is 12.6 Å². The molecular formula is C34H36BrN3O4S. The summed E-state index contributed by atoms with van der Waals surface area (Å²) in [6.07, 6.45) is 0.259. The van der Waals surface area contributed by atoms with Crippen molar-refractivity contribution in [2.24, 2.45) is 0 Å². The molecule has 224 valence electrons. The normalized spacial score (nSPS) is 12.0. The summed E-state index contributed by atoms with van der Waals surface area (Å²) in [6, 6.07) is 31.0. The molecular weight excluding hydrogens is 626 g/mol. The maximum absolute atomic E-state index is 14.4. The quantitative estimate of drug-likeness (QED) is 0.198. The first-order valence-corrected chi connectivity index (χ1v) is 16.3. The minimum atomic E-state index is -4.13. The first-order chi connectivity index (χ1) is 20.5. The van der Waals surface area contributed by atoms with Crippen LogP contribution in [0.1, 0.15) is 30.5 Å². The van der Waals surface area contributed by atoms with Gasteiger partial charge in [-0.1, -0.05) is 88.7 Å². The summed E-state index contributed by atoms with van der Waals surface area (Å²) in [5.41, 5.74) is 2.89. The molecule has 0 aliphatic rings. The van der Waals surface area contributed by atoms with Crippen molar-refractivity contribution < 1.29 is 18.0 Å². The summed E-state index contributed by atoms with van der Waals surface area (Å²) in [5.74, 6) is -0.809. The zero-order valence-corrected chi connectivity index (χ0v) is 26.9. The first kappa shape index (κ1) is 32.0. The van der Waals surface area contributed by atoms with E-state index in [-0.39, 0.29) is 29.8 Å². The van der Waals surface area contributed by atoms with E-state index in [2.05, 4.69) is 21.2 Å². The van der Waals surface area contributed by atoms with Gasteiger partial charge in [0.2, 0.25) is 11.8 Å². The molecule has 4 rings (SSSR count). The third kappa shape index (κ3) is 8.55. The summed E-state index contributed by atoms with van der Waals surface area (Å²) in [4.78, 5) is 29.7. The lowest BCUT2D eigenvalue weighted by atomic mass is 10.0.